The van der Waals surface area contributed by atoms with Crippen molar-refractivity contribution < 1.29 is 23.2 Å². The van der Waals surface area contributed by atoms with Gasteiger partial charge < -0.3 is 27.0 Å². The van der Waals surface area contributed by atoms with Crippen LogP contribution in [0.4, 0.5) is 13.6 Å². The second-order valence-corrected chi connectivity index (χ2v) is 11.0. The number of benzene rings is 1. The molecule has 2 aliphatic rings. The Balaban J connectivity index is 2.06. The lowest BCUT2D eigenvalue weighted by atomic mass is 9.67. The summed E-state index contributed by atoms with van der Waals surface area (Å²) in [5.74, 6) is -2.39. The van der Waals surface area contributed by atoms with E-state index in [0.717, 1.165) is 31.4 Å². The number of nitrogens with one attached hydrogen (secondary N) is 2. The highest BCUT2D eigenvalue weighted by molar-refractivity contribution is 7.27. The maximum Gasteiger partial charge on any atom is 0.328 e. The number of carbonyl (C=O) groups excluding carboxylic acids is 3. The van der Waals surface area contributed by atoms with Crippen LogP contribution in [0.1, 0.15) is 38.7 Å². The zero-order valence-electron chi connectivity index (χ0n) is 24.8. The molecule has 1 heterocycles. The van der Waals surface area contributed by atoms with Crippen LogP contribution >= 0.6 is 9.24 Å². The molecular formula is C30H40F2N7O3P. The zero-order chi connectivity index (χ0) is 31.9. The fraction of sp³-hybridized carbons (Fsp3) is 0.400. The molecule has 0 saturated heterocycles. The summed E-state index contributed by atoms with van der Waals surface area (Å²) in [5.41, 5.74) is 12.8. The first-order chi connectivity index (χ1) is 20.5. The number of allylic oxidation sites excluding steroid dienone is 3. The number of amides is 3. The number of likely N-dealkylation sites (N-methyl/N-ethyl adjacent to an activating group) is 1. The van der Waals surface area contributed by atoms with Crippen molar-refractivity contribution >= 4 is 38.2 Å². The van der Waals surface area contributed by atoms with E-state index in [1.807, 2.05) is 16.2 Å². The summed E-state index contributed by atoms with van der Waals surface area (Å²) in [4.78, 5) is 46.3. The molecule has 1 aromatic carbocycles. The quantitative estimate of drug-likeness (QED) is 0.162. The molecule has 0 bridgehead atoms. The average Bonchev–Trinajstić information content (AvgIpc) is 2.98. The highest BCUT2D eigenvalue weighted by atomic mass is 31.0. The Morgan fingerprint density at radius 3 is 2.51 bits per heavy atom. The molecule has 0 aromatic heterocycles. The van der Waals surface area contributed by atoms with Gasteiger partial charge in [-0.05, 0) is 36.1 Å². The summed E-state index contributed by atoms with van der Waals surface area (Å²) in [6.07, 6.45) is 8.45. The number of nitrogens with zero attached hydrogens (tertiary/aromatic N) is 3. The Morgan fingerprint density at radius 1 is 1.28 bits per heavy atom. The number of ketones is 1. The maximum absolute atomic E-state index is 14.4. The molecule has 10 nitrogen and oxygen atoms in total. The van der Waals surface area contributed by atoms with E-state index in [0.29, 0.717) is 5.70 Å². The number of urea groups is 1. The van der Waals surface area contributed by atoms with Gasteiger partial charge in [0.25, 0.3) is 0 Å². The highest BCUT2D eigenvalue weighted by Gasteiger charge is 2.41. The molecule has 6 N–H and O–H groups in total. The Bertz CT molecular complexity index is 1380. The van der Waals surface area contributed by atoms with E-state index in [1.54, 1.807) is 6.08 Å². The van der Waals surface area contributed by atoms with E-state index in [-0.39, 0.29) is 60.3 Å². The lowest BCUT2D eigenvalue weighted by Crippen LogP contribution is -2.56. The molecule has 3 amide bonds. The van der Waals surface area contributed by atoms with Crippen molar-refractivity contribution in [2.45, 2.75) is 39.7 Å². The van der Waals surface area contributed by atoms with Gasteiger partial charge in [-0.1, -0.05) is 54.7 Å². The van der Waals surface area contributed by atoms with E-state index in [1.165, 1.54) is 35.1 Å². The lowest BCUT2D eigenvalue weighted by molar-refractivity contribution is -0.117. The molecule has 13 heteroatoms. The fourth-order valence-corrected chi connectivity index (χ4v) is 5.57. The Labute approximate surface area is 253 Å². The predicted octanol–water partition coefficient (Wildman–Crippen LogP) is 2.54. The molecule has 1 aliphatic carbocycles. The minimum Gasteiger partial charge on any atom is -0.401 e. The molecule has 1 aromatic rings. The molecule has 0 saturated carbocycles. The molecular weight excluding hydrogens is 575 g/mol. The number of carbonyl (C=O) groups is 3. The first kappa shape index (κ1) is 33.6. The molecule has 0 spiro atoms. The van der Waals surface area contributed by atoms with E-state index < -0.39 is 34.8 Å². The minimum absolute atomic E-state index is 0.00542. The molecule has 0 fully saturated rings. The number of aliphatic imine (C=N–C) groups is 1. The maximum atomic E-state index is 14.4. The van der Waals surface area contributed by atoms with Crippen LogP contribution < -0.4 is 27.4 Å². The van der Waals surface area contributed by atoms with Crippen LogP contribution in [0.25, 0.3) is 0 Å². The van der Waals surface area contributed by atoms with Crippen LogP contribution in [0.3, 0.4) is 0 Å². The number of hydrogen-bond donors (Lipinski definition) is 4. The van der Waals surface area contributed by atoms with E-state index in [2.05, 4.69) is 29.1 Å². The van der Waals surface area contributed by atoms with Crippen molar-refractivity contribution in [1.82, 2.24) is 20.4 Å². The second kappa shape index (κ2) is 14.5. The van der Waals surface area contributed by atoms with E-state index in [4.69, 9.17) is 11.5 Å². The Hall–Kier alpha value is -3.89. The van der Waals surface area contributed by atoms with Crippen molar-refractivity contribution in [2.24, 2.45) is 27.8 Å². The third-order valence-electron chi connectivity index (χ3n) is 7.76. The average molecular weight is 616 g/mol. The van der Waals surface area contributed by atoms with Crippen molar-refractivity contribution in [1.29, 1.82) is 0 Å². The van der Waals surface area contributed by atoms with Gasteiger partial charge in [0, 0.05) is 41.7 Å². The fourth-order valence-electron chi connectivity index (χ4n) is 5.40. The van der Waals surface area contributed by atoms with Crippen molar-refractivity contribution in [2.75, 3.05) is 26.8 Å². The third kappa shape index (κ3) is 7.19. The standard InChI is InChI=1S/C30H40F2N7O3P/c1-5-8-19(27(41)35-4)15-38-17-36-28(39(29(38)42)14-18-10-21(31)26(43)22(32)11-18)37-23-13-30(16-33,20(7-3)9-6-2)25(34)12-24(23)40/h5,8,10-13,20H,1,6-7,9,14-17,33-34,43H2,2-4H3,(H,35,41)(H,36,37)/b19-8-. The van der Waals surface area contributed by atoms with Gasteiger partial charge in [0.2, 0.25) is 17.6 Å². The third-order valence-corrected chi connectivity index (χ3v) is 8.31. The molecule has 1 aliphatic heterocycles. The molecule has 0 radical (unpaired) electrons. The van der Waals surface area contributed by atoms with Crippen molar-refractivity contribution in [3.8, 4) is 0 Å². The summed E-state index contributed by atoms with van der Waals surface area (Å²) in [6.45, 7) is 7.32. The highest BCUT2D eigenvalue weighted by Crippen LogP contribution is 2.41. The van der Waals surface area contributed by atoms with Crippen LogP contribution in [0.15, 0.2) is 65.0 Å². The second-order valence-electron chi connectivity index (χ2n) is 10.5. The minimum atomic E-state index is -0.802. The number of halogens is 2. The number of hydrogen-bond acceptors (Lipinski definition) is 7. The molecule has 3 rings (SSSR count). The first-order valence-electron chi connectivity index (χ1n) is 14.1. The summed E-state index contributed by atoms with van der Waals surface area (Å²) in [7, 11) is 3.46. The summed E-state index contributed by atoms with van der Waals surface area (Å²) >= 11 is 0. The first-order valence-corrected chi connectivity index (χ1v) is 14.6. The van der Waals surface area contributed by atoms with Gasteiger partial charge in [0.05, 0.1) is 18.8 Å². The molecule has 43 heavy (non-hydrogen) atoms. The molecule has 232 valence electrons. The van der Waals surface area contributed by atoms with E-state index in [9.17, 15) is 23.2 Å². The summed E-state index contributed by atoms with van der Waals surface area (Å²) in [6, 6.07) is 1.63. The van der Waals surface area contributed by atoms with Gasteiger partial charge in [-0.3, -0.25) is 14.5 Å². The number of rotatable bonds is 12. The zero-order valence-corrected chi connectivity index (χ0v) is 25.9. The largest absolute Gasteiger partial charge is 0.401 e. The van der Waals surface area contributed by atoms with Gasteiger partial charge in [0.15, 0.2) is 0 Å². The van der Waals surface area contributed by atoms with Crippen molar-refractivity contribution in [3.05, 3.63) is 77.2 Å². The normalized spacial score (nSPS) is 19.9. The van der Waals surface area contributed by atoms with Gasteiger partial charge in [-0.25, -0.2) is 18.6 Å². The van der Waals surface area contributed by atoms with Crippen LogP contribution in [0, 0.1) is 23.0 Å². The Kier molecular flexibility index (Phi) is 11.4. The predicted molar refractivity (Wildman–Crippen MR) is 167 cm³/mol. The smallest absolute Gasteiger partial charge is 0.328 e. The van der Waals surface area contributed by atoms with Crippen LogP contribution in [0.2, 0.25) is 0 Å². The summed E-state index contributed by atoms with van der Waals surface area (Å²) in [5, 5.41) is 5.28. The molecule has 3 atom stereocenters. The van der Waals surface area contributed by atoms with Crippen LogP contribution in [-0.2, 0) is 16.1 Å². The van der Waals surface area contributed by atoms with Crippen LogP contribution in [0.5, 0.6) is 0 Å². The van der Waals surface area contributed by atoms with Crippen molar-refractivity contribution in [3.63, 3.8) is 0 Å². The van der Waals surface area contributed by atoms with E-state index >= 15 is 0 Å². The van der Waals surface area contributed by atoms with Gasteiger partial charge in [-0.2, -0.15) is 0 Å². The monoisotopic (exact) mass is 615 g/mol. The van der Waals surface area contributed by atoms with Gasteiger partial charge >= 0.3 is 6.03 Å². The number of guanidine groups is 1. The number of nitrogens with two attached hydrogens (primary N) is 2. The molecule has 3 unspecified atom stereocenters. The lowest BCUT2D eigenvalue weighted by Gasteiger charge is -2.41. The Morgan fingerprint density at radius 2 is 1.95 bits per heavy atom. The topological polar surface area (TPSA) is 146 Å². The summed E-state index contributed by atoms with van der Waals surface area (Å²) < 4.78 is 28.9. The van der Waals surface area contributed by atoms with Crippen LogP contribution in [-0.4, -0.2) is 60.3 Å². The van der Waals surface area contributed by atoms with Gasteiger partial charge in [0.1, 0.15) is 18.3 Å². The SMILES string of the molecule is C=C/C=C(/CN1CN=C(NC2=CC(CN)(C(CC)CCC)C(N)=CC2=O)N(Cc2cc(F)c(P)c(F)c2)C1=O)C(=O)NC. The van der Waals surface area contributed by atoms with Gasteiger partial charge in [-0.15, -0.1) is 0 Å².